The molecule has 0 bridgehead atoms. The fraction of sp³-hybridized carbons (Fsp3) is 1.00. The van der Waals surface area contributed by atoms with Crippen LogP contribution in [0.1, 0.15) is 33.1 Å². The van der Waals surface area contributed by atoms with E-state index in [-0.39, 0.29) is 5.54 Å². The molecular weight excluding hydrogens is 203 g/mol. The Morgan fingerprint density at radius 1 is 1.44 bits per heavy atom. The molecule has 3 unspecified atom stereocenters. The zero-order valence-corrected chi connectivity index (χ0v) is 10.5. The fourth-order valence-corrected chi connectivity index (χ4v) is 4.78. The Labute approximate surface area is 97.8 Å². The van der Waals surface area contributed by atoms with Gasteiger partial charge in [0.05, 0.1) is 13.0 Å². The zero-order chi connectivity index (χ0) is 11.4. The summed E-state index contributed by atoms with van der Waals surface area (Å²) in [5, 5.41) is 3.50. The minimum atomic E-state index is -0.539. The first kappa shape index (κ1) is 11.0. The number of piperidine rings is 2. The Kier molecular flexibility index (Phi) is 2.35. The lowest BCUT2D eigenvalue weighted by Gasteiger charge is -2.74. The Morgan fingerprint density at radius 2 is 2.25 bits per heavy atom. The molecule has 0 radical (unpaired) electrons. The van der Waals surface area contributed by atoms with Crippen molar-refractivity contribution in [1.82, 2.24) is 5.32 Å². The van der Waals surface area contributed by atoms with Crippen LogP contribution in [0.2, 0.25) is 0 Å². The number of hydrogen-bond acceptors (Lipinski definition) is 1. The third-order valence-corrected chi connectivity index (χ3v) is 5.74. The first-order chi connectivity index (χ1) is 7.63. The summed E-state index contributed by atoms with van der Waals surface area (Å²) in [5.74, 6) is 0.493. The lowest BCUT2D eigenvalue weighted by atomic mass is 9.60. The maximum Gasteiger partial charge on any atom is 0.203 e. The van der Waals surface area contributed by atoms with E-state index in [0.29, 0.717) is 12.0 Å². The van der Waals surface area contributed by atoms with Crippen molar-refractivity contribution in [1.29, 1.82) is 0 Å². The molecule has 3 heterocycles. The van der Waals surface area contributed by atoms with Crippen molar-refractivity contribution < 1.29 is 8.87 Å². The van der Waals surface area contributed by atoms with Crippen LogP contribution in [0, 0.1) is 5.92 Å². The number of rotatable bonds is 2. The summed E-state index contributed by atoms with van der Waals surface area (Å²) in [4.78, 5) is 0. The van der Waals surface area contributed by atoms with Gasteiger partial charge in [0.1, 0.15) is 18.1 Å². The number of nitrogens with one attached hydrogen (secondary N) is 1. The van der Waals surface area contributed by atoms with Gasteiger partial charge in [-0.2, -0.15) is 0 Å². The molecule has 0 aromatic heterocycles. The summed E-state index contributed by atoms with van der Waals surface area (Å²) < 4.78 is 15.2. The Hall–Kier alpha value is -0.150. The highest BCUT2D eigenvalue weighted by Gasteiger charge is 2.77. The van der Waals surface area contributed by atoms with E-state index in [1.807, 2.05) is 0 Å². The average Bonchev–Trinajstić information content (AvgIpc) is 2.25. The van der Waals surface area contributed by atoms with Crippen molar-refractivity contribution >= 4 is 0 Å². The van der Waals surface area contributed by atoms with Crippen LogP contribution < -0.4 is 5.32 Å². The lowest BCUT2D eigenvalue weighted by molar-refractivity contribution is -1.08. The highest BCUT2D eigenvalue weighted by atomic mass is 19.1. The molecule has 4 atom stereocenters. The normalized spacial score (nSPS) is 51.8. The maximum absolute atomic E-state index is 14.1. The van der Waals surface area contributed by atoms with Crippen LogP contribution in [-0.2, 0) is 0 Å². The van der Waals surface area contributed by atoms with E-state index in [9.17, 15) is 4.39 Å². The van der Waals surface area contributed by atoms with Crippen molar-refractivity contribution in [2.24, 2.45) is 5.92 Å². The van der Waals surface area contributed by atoms with Crippen molar-refractivity contribution in [3.8, 4) is 0 Å². The van der Waals surface area contributed by atoms with E-state index >= 15 is 0 Å². The second kappa shape index (κ2) is 3.42. The van der Waals surface area contributed by atoms with Gasteiger partial charge >= 0.3 is 0 Å². The van der Waals surface area contributed by atoms with Crippen molar-refractivity contribution in [2.75, 3.05) is 26.2 Å². The minimum Gasteiger partial charge on any atom is -0.311 e. The molecule has 0 amide bonds. The molecule has 3 aliphatic heterocycles. The molecular formula is C13H24FN2+. The smallest absolute Gasteiger partial charge is 0.203 e. The van der Waals surface area contributed by atoms with Gasteiger partial charge in [0.2, 0.25) is 6.17 Å². The van der Waals surface area contributed by atoms with Gasteiger partial charge in [0.15, 0.2) is 0 Å². The van der Waals surface area contributed by atoms with E-state index in [1.165, 1.54) is 19.4 Å². The summed E-state index contributed by atoms with van der Waals surface area (Å²) >= 11 is 0. The van der Waals surface area contributed by atoms with Gasteiger partial charge in [-0.3, -0.25) is 0 Å². The van der Waals surface area contributed by atoms with Crippen molar-refractivity contribution in [3.63, 3.8) is 0 Å². The quantitative estimate of drug-likeness (QED) is 0.708. The third kappa shape index (κ3) is 1.04. The molecule has 3 saturated heterocycles. The average molecular weight is 227 g/mol. The van der Waals surface area contributed by atoms with Crippen LogP contribution in [0.3, 0.4) is 0 Å². The van der Waals surface area contributed by atoms with E-state index in [0.717, 1.165) is 30.5 Å². The van der Waals surface area contributed by atoms with Crippen LogP contribution in [0.5, 0.6) is 0 Å². The number of halogens is 1. The molecule has 0 saturated carbocycles. The first-order valence-corrected chi connectivity index (χ1v) is 6.85. The van der Waals surface area contributed by atoms with Gasteiger partial charge < -0.3 is 9.80 Å². The van der Waals surface area contributed by atoms with Gasteiger partial charge in [-0.1, -0.05) is 13.8 Å². The van der Waals surface area contributed by atoms with Crippen LogP contribution in [0.4, 0.5) is 4.39 Å². The number of hydrogen-bond donors (Lipinski definition) is 1. The van der Waals surface area contributed by atoms with E-state index in [1.54, 1.807) is 0 Å². The van der Waals surface area contributed by atoms with E-state index < -0.39 is 6.17 Å². The maximum atomic E-state index is 14.1. The zero-order valence-electron chi connectivity index (χ0n) is 10.5. The van der Waals surface area contributed by atoms with E-state index in [2.05, 4.69) is 19.2 Å². The fourth-order valence-electron chi connectivity index (χ4n) is 4.78. The predicted molar refractivity (Wildman–Crippen MR) is 63.0 cm³/mol. The highest BCUT2D eigenvalue weighted by molar-refractivity contribution is 5.08. The third-order valence-electron chi connectivity index (χ3n) is 5.74. The number of quaternary nitrogens is 1. The van der Waals surface area contributed by atoms with Gasteiger partial charge in [0, 0.05) is 18.9 Å². The summed E-state index contributed by atoms with van der Waals surface area (Å²) in [6.45, 7) is 8.73. The van der Waals surface area contributed by atoms with Gasteiger partial charge in [0.25, 0.3) is 0 Å². The summed E-state index contributed by atoms with van der Waals surface area (Å²) in [5.41, 5.74) is 0.00366. The molecule has 3 fully saturated rings. The molecule has 3 heteroatoms. The number of alkyl halides is 1. The van der Waals surface area contributed by atoms with Gasteiger partial charge in [-0.15, -0.1) is 0 Å². The largest absolute Gasteiger partial charge is 0.311 e. The molecule has 16 heavy (non-hydrogen) atoms. The molecule has 3 rings (SSSR count). The number of nitrogens with zero attached hydrogens (tertiary/aromatic N) is 1. The van der Waals surface area contributed by atoms with Gasteiger partial charge in [-0.05, 0) is 13.0 Å². The van der Waals surface area contributed by atoms with Gasteiger partial charge in [-0.25, -0.2) is 4.39 Å². The second-order valence-electron chi connectivity index (χ2n) is 6.30. The molecule has 0 aromatic rings. The predicted octanol–water partition coefficient (Wildman–Crippen LogP) is 1.71. The molecule has 0 aromatic carbocycles. The SMILES string of the molecule is CC(C)[C@@]12CC[N+]1(C1CCCNC1)CC2F. The summed E-state index contributed by atoms with van der Waals surface area (Å²) in [7, 11) is 0. The van der Waals surface area contributed by atoms with Crippen LogP contribution in [-0.4, -0.2) is 48.4 Å². The Balaban J connectivity index is 1.83. The molecule has 92 valence electrons. The Bertz CT molecular complexity index is 281. The minimum absolute atomic E-state index is 0.00366. The molecule has 2 nitrogen and oxygen atoms in total. The van der Waals surface area contributed by atoms with Crippen molar-refractivity contribution in [3.05, 3.63) is 0 Å². The molecule has 3 aliphatic rings. The summed E-state index contributed by atoms with van der Waals surface area (Å²) in [6, 6.07) is 0.692. The molecule has 0 spiro atoms. The second-order valence-corrected chi connectivity index (χ2v) is 6.30. The van der Waals surface area contributed by atoms with Crippen LogP contribution in [0.15, 0.2) is 0 Å². The summed E-state index contributed by atoms with van der Waals surface area (Å²) in [6.07, 6.45) is 3.15. The van der Waals surface area contributed by atoms with Crippen LogP contribution in [0.25, 0.3) is 0 Å². The standard InChI is InChI=1S/C13H24FN2/c1-10(2)13-5-7-16(13,9-12(13)14)11-4-3-6-15-8-11/h10-12,15H,3-9H2,1-2H3/q+1/t11?,12?,13-,16?/m1/s1. The first-order valence-electron chi connectivity index (χ1n) is 6.85. The monoisotopic (exact) mass is 227 g/mol. The van der Waals surface area contributed by atoms with Crippen LogP contribution >= 0.6 is 0 Å². The topological polar surface area (TPSA) is 12.0 Å². The number of fused-ring (bicyclic) bond motifs is 1. The lowest BCUT2D eigenvalue weighted by Crippen LogP contribution is -2.93. The van der Waals surface area contributed by atoms with E-state index in [4.69, 9.17) is 0 Å². The highest BCUT2D eigenvalue weighted by Crippen LogP contribution is 2.58. The Morgan fingerprint density at radius 3 is 2.69 bits per heavy atom. The molecule has 0 aliphatic carbocycles. The molecule has 1 N–H and O–H groups in total. The van der Waals surface area contributed by atoms with Crippen molar-refractivity contribution in [2.45, 2.75) is 50.9 Å².